The fraction of sp³-hybridized carbons (Fsp3) is 0.600. The van der Waals surface area contributed by atoms with Gasteiger partial charge in [0.1, 0.15) is 0 Å². The van der Waals surface area contributed by atoms with Crippen LogP contribution in [0.4, 0.5) is 0 Å². The number of nitrogens with one attached hydrogen (secondary N) is 1. The summed E-state index contributed by atoms with van der Waals surface area (Å²) in [7, 11) is 0. The van der Waals surface area contributed by atoms with E-state index in [-0.39, 0.29) is 0 Å². The van der Waals surface area contributed by atoms with E-state index in [1.54, 1.807) is 0 Å². The van der Waals surface area contributed by atoms with Crippen LogP contribution in [0.5, 0.6) is 0 Å². The lowest BCUT2D eigenvalue weighted by molar-refractivity contribution is 0.0796. The standard InChI is InChI=1S/C15H25NO/c1-11(2)17-9-8-16-14(5)15-7-6-12(3)10-13(15)4/h6-7,10-11,14,16H,8-9H2,1-5H3. The van der Waals surface area contributed by atoms with E-state index in [4.69, 9.17) is 4.74 Å². The van der Waals surface area contributed by atoms with E-state index < -0.39 is 0 Å². The minimum Gasteiger partial charge on any atom is -0.377 e. The monoisotopic (exact) mass is 235 g/mol. The number of hydrogen-bond donors (Lipinski definition) is 1. The zero-order valence-corrected chi connectivity index (χ0v) is 11.7. The Labute approximate surface area is 105 Å². The summed E-state index contributed by atoms with van der Waals surface area (Å²) >= 11 is 0. The second-order valence-corrected chi connectivity index (χ2v) is 4.96. The van der Waals surface area contributed by atoms with E-state index in [2.05, 4.69) is 58.1 Å². The average Bonchev–Trinajstić information content (AvgIpc) is 2.23. The lowest BCUT2D eigenvalue weighted by Crippen LogP contribution is -2.24. The van der Waals surface area contributed by atoms with Gasteiger partial charge in [0.2, 0.25) is 0 Å². The summed E-state index contributed by atoms with van der Waals surface area (Å²) in [6, 6.07) is 7.00. The molecule has 0 radical (unpaired) electrons. The summed E-state index contributed by atoms with van der Waals surface area (Å²) < 4.78 is 5.51. The summed E-state index contributed by atoms with van der Waals surface area (Å²) in [6.45, 7) is 12.3. The van der Waals surface area contributed by atoms with E-state index >= 15 is 0 Å². The molecule has 0 saturated carbocycles. The van der Waals surface area contributed by atoms with E-state index in [1.807, 2.05) is 0 Å². The largest absolute Gasteiger partial charge is 0.377 e. The molecular formula is C15H25NO. The van der Waals surface area contributed by atoms with Gasteiger partial charge in [0.25, 0.3) is 0 Å². The molecule has 1 unspecified atom stereocenters. The summed E-state index contributed by atoms with van der Waals surface area (Å²) in [5.41, 5.74) is 4.05. The molecule has 1 N–H and O–H groups in total. The molecule has 1 rings (SSSR count). The van der Waals surface area contributed by atoms with Crippen LogP contribution >= 0.6 is 0 Å². The second kappa shape index (κ2) is 6.77. The van der Waals surface area contributed by atoms with E-state index in [0.29, 0.717) is 12.1 Å². The van der Waals surface area contributed by atoms with Crippen LogP contribution in [0.2, 0.25) is 0 Å². The number of hydrogen-bond acceptors (Lipinski definition) is 2. The third-order valence-electron chi connectivity index (χ3n) is 2.90. The third-order valence-corrected chi connectivity index (χ3v) is 2.90. The normalized spacial score (nSPS) is 13.1. The van der Waals surface area contributed by atoms with Gasteiger partial charge in [0.05, 0.1) is 12.7 Å². The Kier molecular flexibility index (Phi) is 5.66. The fourth-order valence-corrected chi connectivity index (χ4v) is 1.99. The Morgan fingerprint density at radius 2 is 1.88 bits per heavy atom. The van der Waals surface area contributed by atoms with Crippen molar-refractivity contribution in [3.05, 3.63) is 34.9 Å². The minimum absolute atomic E-state index is 0.313. The minimum atomic E-state index is 0.313. The van der Waals surface area contributed by atoms with Crippen LogP contribution in [-0.2, 0) is 4.74 Å². The molecule has 0 aliphatic rings. The first-order chi connectivity index (χ1) is 8.00. The molecule has 0 amide bonds. The van der Waals surface area contributed by atoms with Gasteiger partial charge in [0.15, 0.2) is 0 Å². The van der Waals surface area contributed by atoms with Gasteiger partial charge in [-0.15, -0.1) is 0 Å². The molecule has 2 nitrogen and oxygen atoms in total. The first-order valence-electron chi connectivity index (χ1n) is 6.43. The maximum atomic E-state index is 5.51. The number of rotatable bonds is 6. The first kappa shape index (κ1) is 14.2. The van der Waals surface area contributed by atoms with Gasteiger partial charge in [-0.05, 0) is 45.7 Å². The lowest BCUT2D eigenvalue weighted by Gasteiger charge is -2.17. The summed E-state index contributed by atoms with van der Waals surface area (Å²) in [6.07, 6.45) is 0.313. The Morgan fingerprint density at radius 3 is 2.47 bits per heavy atom. The van der Waals surface area contributed by atoms with Gasteiger partial charge in [0, 0.05) is 12.6 Å². The Balaban J connectivity index is 2.44. The van der Waals surface area contributed by atoms with Crippen molar-refractivity contribution < 1.29 is 4.74 Å². The van der Waals surface area contributed by atoms with E-state index in [0.717, 1.165) is 13.2 Å². The van der Waals surface area contributed by atoms with Crippen LogP contribution in [0.25, 0.3) is 0 Å². The van der Waals surface area contributed by atoms with Crippen LogP contribution in [0.1, 0.15) is 43.5 Å². The maximum Gasteiger partial charge on any atom is 0.0594 e. The number of benzene rings is 1. The quantitative estimate of drug-likeness (QED) is 0.763. The summed E-state index contributed by atoms with van der Waals surface area (Å²) in [5, 5.41) is 3.49. The van der Waals surface area contributed by atoms with Crippen molar-refractivity contribution in [3.8, 4) is 0 Å². The smallest absolute Gasteiger partial charge is 0.0594 e. The van der Waals surface area contributed by atoms with Crippen molar-refractivity contribution in [3.63, 3.8) is 0 Å². The van der Waals surface area contributed by atoms with Crippen molar-refractivity contribution in [1.82, 2.24) is 5.32 Å². The highest BCUT2D eigenvalue weighted by Gasteiger charge is 2.07. The van der Waals surface area contributed by atoms with Crippen molar-refractivity contribution >= 4 is 0 Å². The molecule has 0 spiro atoms. The van der Waals surface area contributed by atoms with Gasteiger partial charge in [-0.1, -0.05) is 23.8 Å². The highest BCUT2D eigenvalue weighted by molar-refractivity contribution is 5.32. The van der Waals surface area contributed by atoms with Gasteiger partial charge in [-0.3, -0.25) is 0 Å². The third kappa shape index (κ3) is 4.88. The molecule has 17 heavy (non-hydrogen) atoms. The predicted octanol–water partition coefficient (Wildman–Crippen LogP) is 3.38. The van der Waals surface area contributed by atoms with Gasteiger partial charge in [-0.2, -0.15) is 0 Å². The van der Waals surface area contributed by atoms with Crippen LogP contribution in [0.15, 0.2) is 18.2 Å². The van der Waals surface area contributed by atoms with Crippen LogP contribution in [0.3, 0.4) is 0 Å². The molecule has 1 atom stereocenters. The summed E-state index contributed by atoms with van der Waals surface area (Å²) in [5.74, 6) is 0. The first-order valence-corrected chi connectivity index (χ1v) is 6.43. The van der Waals surface area contributed by atoms with Gasteiger partial charge in [-0.25, -0.2) is 0 Å². The van der Waals surface area contributed by atoms with Crippen LogP contribution in [-0.4, -0.2) is 19.3 Å². The zero-order chi connectivity index (χ0) is 12.8. The van der Waals surface area contributed by atoms with Crippen LogP contribution < -0.4 is 5.32 Å². The SMILES string of the molecule is Cc1ccc(C(C)NCCOC(C)C)c(C)c1. The topological polar surface area (TPSA) is 21.3 Å². The lowest BCUT2D eigenvalue weighted by atomic mass is 10.0. The highest BCUT2D eigenvalue weighted by Crippen LogP contribution is 2.18. The van der Waals surface area contributed by atoms with E-state index in [1.165, 1.54) is 16.7 Å². The molecule has 0 aromatic heterocycles. The van der Waals surface area contributed by atoms with E-state index in [9.17, 15) is 0 Å². The number of aryl methyl sites for hydroxylation is 2. The van der Waals surface area contributed by atoms with Gasteiger partial charge >= 0.3 is 0 Å². The Morgan fingerprint density at radius 1 is 1.18 bits per heavy atom. The highest BCUT2D eigenvalue weighted by atomic mass is 16.5. The molecule has 0 bridgehead atoms. The Hall–Kier alpha value is -0.860. The molecule has 0 aliphatic carbocycles. The molecule has 1 aromatic carbocycles. The summed E-state index contributed by atoms with van der Waals surface area (Å²) in [4.78, 5) is 0. The molecular weight excluding hydrogens is 210 g/mol. The number of ether oxygens (including phenoxy) is 1. The molecule has 1 aromatic rings. The van der Waals surface area contributed by atoms with Crippen molar-refractivity contribution in [2.75, 3.05) is 13.2 Å². The van der Waals surface area contributed by atoms with Gasteiger partial charge < -0.3 is 10.1 Å². The fourth-order valence-electron chi connectivity index (χ4n) is 1.99. The van der Waals surface area contributed by atoms with Crippen molar-refractivity contribution in [2.45, 2.75) is 46.8 Å². The molecule has 2 heteroatoms. The van der Waals surface area contributed by atoms with Crippen molar-refractivity contribution in [1.29, 1.82) is 0 Å². The molecule has 0 saturated heterocycles. The zero-order valence-electron chi connectivity index (χ0n) is 11.7. The molecule has 96 valence electrons. The van der Waals surface area contributed by atoms with Crippen LogP contribution in [0, 0.1) is 13.8 Å². The predicted molar refractivity (Wildman–Crippen MR) is 73.4 cm³/mol. The molecule has 0 fully saturated rings. The second-order valence-electron chi connectivity index (χ2n) is 4.96. The maximum absolute atomic E-state index is 5.51. The van der Waals surface area contributed by atoms with Crippen molar-refractivity contribution in [2.24, 2.45) is 0 Å². The molecule has 0 aliphatic heterocycles. The Bertz CT molecular complexity index is 347. The molecule has 0 heterocycles. The average molecular weight is 235 g/mol.